The van der Waals surface area contributed by atoms with E-state index >= 15 is 0 Å². The Kier molecular flexibility index (Phi) is 11.7. The molecule has 4 rings (SSSR count). The van der Waals surface area contributed by atoms with Gasteiger partial charge in [0, 0.05) is 20.1 Å². The number of benzene rings is 2. The third-order valence-electron chi connectivity index (χ3n) is 7.12. The van der Waals surface area contributed by atoms with E-state index in [2.05, 4.69) is 96.0 Å². The summed E-state index contributed by atoms with van der Waals surface area (Å²) in [5, 5.41) is 0. The topological polar surface area (TPSA) is 36.9 Å². The van der Waals surface area contributed by atoms with Gasteiger partial charge in [0.25, 0.3) is 0 Å². The Labute approximate surface area is 257 Å². The molecular formula is C34H42Br2O4. The van der Waals surface area contributed by atoms with E-state index in [-0.39, 0.29) is 0 Å². The maximum absolute atomic E-state index is 6.26. The summed E-state index contributed by atoms with van der Waals surface area (Å²) in [5.41, 5.74) is 6.81. The molecule has 0 aromatic heterocycles. The monoisotopic (exact) mass is 672 g/mol. The highest BCUT2D eigenvalue weighted by atomic mass is 79.9. The van der Waals surface area contributed by atoms with Gasteiger partial charge >= 0.3 is 0 Å². The zero-order valence-electron chi connectivity index (χ0n) is 24.3. The van der Waals surface area contributed by atoms with Crippen LogP contribution < -0.4 is 18.9 Å². The first-order valence-corrected chi connectivity index (χ1v) is 16.5. The van der Waals surface area contributed by atoms with Crippen molar-refractivity contribution >= 4 is 52.0 Å². The lowest BCUT2D eigenvalue weighted by molar-refractivity contribution is 0.262. The van der Waals surface area contributed by atoms with Crippen molar-refractivity contribution in [1.82, 2.24) is 0 Å². The maximum Gasteiger partial charge on any atom is 0.161 e. The molecule has 0 amide bonds. The summed E-state index contributed by atoms with van der Waals surface area (Å²) < 4.78 is 27.0. The van der Waals surface area contributed by atoms with Crippen LogP contribution in [0.1, 0.15) is 101 Å². The first kappa shape index (κ1) is 30.8. The lowest BCUT2D eigenvalue weighted by Crippen LogP contribution is -2.04. The maximum atomic E-state index is 6.26. The highest BCUT2D eigenvalue weighted by molar-refractivity contribution is 9.15. The van der Waals surface area contributed by atoms with E-state index in [9.17, 15) is 0 Å². The number of halogens is 2. The number of rotatable bonds is 16. The Morgan fingerprint density at radius 2 is 0.725 bits per heavy atom. The van der Waals surface area contributed by atoms with Crippen molar-refractivity contribution in [2.75, 3.05) is 26.4 Å². The highest BCUT2D eigenvalue weighted by Gasteiger charge is 2.28. The lowest BCUT2D eigenvalue weighted by atomic mass is 9.96. The van der Waals surface area contributed by atoms with Gasteiger partial charge in [-0.05, 0) is 84.4 Å². The van der Waals surface area contributed by atoms with Gasteiger partial charge in [-0.2, -0.15) is 0 Å². The predicted octanol–water partition coefficient (Wildman–Crippen LogP) is 10.8. The van der Waals surface area contributed by atoms with Crippen LogP contribution in [0, 0.1) is 0 Å². The molecule has 0 heterocycles. The number of hydrogen-bond donors (Lipinski definition) is 0. The molecule has 6 heteroatoms. The molecule has 0 aliphatic heterocycles. The van der Waals surface area contributed by atoms with Gasteiger partial charge in [0.2, 0.25) is 0 Å². The lowest BCUT2D eigenvalue weighted by Gasteiger charge is -2.17. The summed E-state index contributed by atoms with van der Waals surface area (Å²) in [6.45, 7) is 11.4. The Hall–Kier alpha value is -2.18. The average molecular weight is 675 g/mol. The van der Waals surface area contributed by atoms with Crippen LogP contribution in [0.5, 0.6) is 23.0 Å². The van der Waals surface area contributed by atoms with E-state index in [1.165, 1.54) is 0 Å². The molecule has 0 saturated heterocycles. The van der Waals surface area contributed by atoms with Gasteiger partial charge < -0.3 is 18.9 Å². The molecule has 0 saturated carbocycles. The summed E-state index contributed by atoms with van der Waals surface area (Å²) in [7, 11) is 0. The van der Waals surface area contributed by atoms with Crippen molar-refractivity contribution in [3.63, 3.8) is 0 Å². The SMILES string of the molecule is CCCCOc1cc2c(cc1OCCCC)/C(=C1\C=C(Br)c3cc(OCCCC)c(OCCCC)cc31)C=C2Br. The van der Waals surface area contributed by atoms with Crippen LogP contribution in [0.15, 0.2) is 36.4 Å². The number of ether oxygens (including phenoxy) is 4. The molecule has 0 radical (unpaired) electrons. The first-order chi connectivity index (χ1) is 19.5. The Morgan fingerprint density at radius 3 is 1.00 bits per heavy atom. The molecule has 4 nitrogen and oxygen atoms in total. The van der Waals surface area contributed by atoms with Gasteiger partial charge in [0.05, 0.1) is 26.4 Å². The van der Waals surface area contributed by atoms with Gasteiger partial charge in [-0.3, -0.25) is 0 Å². The summed E-state index contributed by atoms with van der Waals surface area (Å²) in [4.78, 5) is 0. The van der Waals surface area contributed by atoms with Crippen LogP contribution in [0.2, 0.25) is 0 Å². The Bertz CT molecular complexity index is 1180. The van der Waals surface area contributed by atoms with E-state index in [1.807, 2.05) is 0 Å². The number of allylic oxidation sites excluding steroid dienone is 4. The molecule has 0 unspecified atom stereocenters. The van der Waals surface area contributed by atoms with Gasteiger partial charge in [-0.25, -0.2) is 0 Å². The third-order valence-corrected chi connectivity index (χ3v) is 8.43. The molecule has 2 aliphatic carbocycles. The summed E-state index contributed by atoms with van der Waals surface area (Å²) in [6.07, 6.45) is 12.8. The summed E-state index contributed by atoms with van der Waals surface area (Å²) >= 11 is 7.68. The number of unbranched alkanes of at least 4 members (excludes halogenated alkanes) is 4. The van der Waals surface area contributed by atoms with Crippen LogP contribution in [-0.2, 0) is 0 Å². The van der Waals surface area contributed by atoms with E-state index in [4.69, 9.17) is 18.9 Å². The van der Waals surface area contributed by atoms with Crippen LogP contribution in [0.4, 0.5) is 0 Å². The van der Waals surface area contributed by atoms with Gasteiger partial charge in [0.1, 0.15) is 0 Å². The van der Waals surface area contributed by atoms with Crippen molar-refractivity contribution < 1.29 is 18.9 Å². The van der Waals surface area contributed by atoms with Crippen LogP contribution in [0.25, 0.3) is 20.1 Å². The number of hydrogen-bond acceptors (Lipinski definition) is 4. The minimum atomic E-state index is 0.674. The highest BCUT2D eigenvalue weighted by Crippen LogP contribution is 2.52. The zero-order chi connectivity index (χ0) is 28.5. The quantitative estimate of drug-likeness (QED) is 0.166. The predicted molar refractivity (Wildman–Crippen MR) is 175 cm³/mol. The summed E-state index contributed by atoms with van der Waals surface area (Å²) in [6, 6.07) is 8.55. The first-order valence-electron chi connectivity index (χ1n) is 14.9. The molecule has 2 aromatic carbocycles. The molecule has 0 N–H and O–H groups in total. The molecule has 0 spiro atoms. The second-order valence-corrected chi connectivity index (χ2v) is 12.0. The van der Waals surface area contributed by atoms with Crippen molar-refractivity contribution in [3.05, 3.63) is 58.7 Å². The Morgan fingerprint density at radius 1 is 0.450 bits per heavy atom. The minimum Gasteiger partial charge on any atom is -0.490 e. The normalized spacial score (nSPS) is 15.4. The molecule has 2 aromatic rings. The summed E-state index contributed by atoms with van der Waals surface area (Å²) in [5.74, 6) is 3.23. The number of fused-ring (bicyclic) bond motifs is 2. The zero-order valence-corrected chi connectivity index (χ0v) is 27.5. The molecule has 0 fully saturated rings. The van der Waals surface area contributed by atoms with E-state index < -0.39 is 0 Å². The minimum absolute atomic E-state index is 0.674. The van der Waals surface area contributed by atoms with Gasteiger partial charge in [0.15, 0.2) is 23.0 Å². The fourth-order valence-corrected chi connectivity index (χ4v) is 5.84. The largest absolute Gasteiger partial charge is 0.490 e. The standard InChI is InChI=1S/C34H42Br2O4/c1-5-9-13-37-31-19-25-23(17-29(35)27(25)21-33(31)39-15-11-7-3)24-18-30(36)28-22-34(40-16-12-8-4)32(20-26(24)28)38-14-10-6-2/h17-22H,5-16H2,1-4H3/b24-23+. The van der Waals surface area contributed by atoms with E-state index in [0.717, 1.165) is 117 Å². The van der Waals surface area contributed by atoms with E-state index in [1.54, 1.807) is 0 Å². The molecule has 0 bridgehead atoms. The fraction of sp³-hybridized carbons (Fsp3) is 0.471. The van der Waals surface area contributed by atoms with Crippen LogP contribution in [-0.4, -0.2) is 26.4 Å². The smallest absolute Gasteiger partial charge is 0.161 e. The van der Waals surface area contributed by atoms with Gasteiger partial charge in [-0.1, -0.05) is 85.2 Å². The van der Waals surface area contributed by atoms with Gasteiger partial charge in [-0.15, -0.1) is 0 Å². The molecule has 0 atom stereocenters. The second kappa shape index (κ2) is 15.2. The Balaban J connectivity index is 1.78. The molecule has 40 heavy (non-hydrogen) atoms. The van der Waals surface area contributed by atoms with E-state index in [0.29, 0.717) is 26.4 Å². The van der Waals surface area contributed by atoms with Crippen LogP contribution in [0.3, 0.4) is 0 Å². The van der Waals surface area contributed by atoms with Crippen molar-refractivity contribution in [2.45, 2.75) is 79.1 Å². The second-order valence-electron chi connectivity index (χ2n) is 10.3. The van der Waals surface area contributed by atoms with Crippen LogP contribution >= 0.6 is 31.9 Å². The third kappa shape index (κ3) is 7.17. The van der Waals surface area contributed by atoms with Crippen molar-refractivity contribution in [2.24, 2.45) is 0 Å². The molecular weight excluding hydrogens is 632 g/mol. The fourth-order valence-electron chi connectivity index (χ4n) is 4.73. The molecule has 216 valence electrons. The average Bonchev–Trinajstić information content (AvgIpc) is 3.44. The molecule has 2 aliphatic rings. The van der Waals surface area contributed by atoms with Crippen molar-refractivity contribution in [1.29, 1.82) is 0 Å². The van der Waals surface area contributed by atoms with Crippen molar-refractivity contribution in [3.8, 4) is 23.0 Å².